The normalized spacial score (nSPS) is 19.6. The smallest absolute Gasteiger partial charge is 0.332 e. The van der Waals surface area contributed by atoms with Crippen molar-refractivity contribution in [2.75, 3.05) is 0 Å². The molecule has 0 radical (unpaired) electrons. The number of hydrogen-bond acceptors (Lipinski definition) is 3. The molecule has 0 aliphatic carbocycles. The lowest BCUT2D eigenvalue weighted by atomic mass is 10.00. The fourth-order valence-electron chi connectivity index (χ4n) is 0.489. The van der Waals surface area contributed by atoms with Crippen LogP contribution in [0.4, 0.5) is 0 Å². The zero-order chi connectivity index (χ0) is 8.31. The molecule has 0 saturated heterocycles. The first kappa shape index (κ1) is 9.39. The van der Waals surface area contributed by atoms with Crippen LogP contribution in [0.1, 0.15) is 13.8 Å². The van der Waals surface area contributed by atoms with Crippen LogP contribution < -0.4 is 0 Å². The first-order valence-corrected chi connectivity index (χ1v) is 3.05. The molecular weight excluding hydrogens is 136 g/mol. The summed E-state index contributed by atoms with van der Waals surface area (Å²) < 4.78 is 0. The van der Waals surface area contributed by atoms with E-state index in [2.05, 4.69) is 0 Å². The first-order chi connectivity index (χ1) is 4.46. The highest BCUT2D eigenvalue weighted by molar-refractivity contribution is 5.72. The first-order valence-electron chi connectivity index (χ1n) is 3.05. The molecule has 0 fully saturated rings. The summed E-state index contributed by atoms with van der Waals surface area (Å²) in [5.74, 6) is -1.93. The van der Waals surface area contributed by atoms with Crippen LogP contribution in [0.3, 0.4) is 0 Å². The van der Waals surface area contributed by atoms with Crippen molar-refractivity contribution in [2.45, 2.75) is 26.1 Å². The average Bonchev–Trinajstić information content (AvgIpc) is 1.84. The SMILES string of the molecule is C[C@@H]([C@@H](C)O)[C@@H](O)C(=O)O. The Morgan fingerprint density at radius 3 is 1.80 bits per heavy atom. The van der Waals surface area contributed by atoms with E-state index in [0.717, 1.165) is 0 Å². The zero-order valence-electron chi connectivity index (χ0n) is 5.98. The molecule has 0 amide bonds. The molecule has 0 unspecified atom stereocenters. The molecule has 0 saturated carbocycles. The number of carboxylic acid groups (broad SMARTS) is 1. The molecule has 0 aliphatic rings. The third kappa shape index (κ3) is 2.33. The predicted molar refractivity (Wildman–Crippen MR) is 34.5 cm³/mol. The van der Waals surface area contributed by atoms with E-state index in [1.165, 1.54) is 13.8 Å². The van der Waals surface area contributed by atoms with Gasteiger partial charge in [0.05, 0.1) is 6.10 Å². The average molecular weight is 148 g/mol. The Labute approximate surface area is 59.1 Å². The lowest BCUT2D eigenvalue weighted by Crippen LogP contribution is -2.33. The molecule has 10 heavy (non-hydrogen) atoms. The van der Waals surface area contributed by atoms with Crippen LogP contribution in [0.5, 0.6) is 0 Å². The Morgan fingerprint density at radius 1 is 1.30 bits per heavy atom. The summed E-state index contributed by atoms with van der Waals surface area (Å²) in [6.45, 7) is 2.92. The summed E-state index contributed by atoms with van der Waals surface area (Å²) in [4.78, 5) is 10.1. The second-order valence-electron chi connectivity index (χ2n) is 2.38. The topological polar surface area (TPSA) is 77.8 Å². The van der Waals surface area contributed by atoms with Crippen LogP contribution >= 0.6 is 0 Å². The minimum Gasteiger partial charge on any atom is -0.479 e. The summed E-state index contributed by atoms with van der Waals surface area (Å²) in [6, 6.07) is 0. The largest absolute Gasteiger partial charge is 0.479 e. The summed E-state index contributed by atoms with van der Waals surface area (Å²) in [5, 5.41) is 25.9. The standard InChI is InChI=1S/C6H12O4/c1-3(4(2)7)5(8)6(9)10/h3-5,7-8H,1-2H3,(H,9,10)/t3-,4+,5+/m0/s1. The van der Waals surface area contributed by atoms with Crippen LogP contribution in [0.15, 0.2) is 0 Å². The van der Waals surface area contributed by atoms with Crippen LogP contribution in [0.2, 0.25) is 0 Å². The maximum Gasteiger partial charge on any atom is 0.332 e. The highest BCUT2D eigenvalue weighted by Crippen LogP contribution is 2.07. The highest BCUT2D eigenvalue weighted by atomic mass is 16.4. The Morgan fingerprint density at radius 2 is 1.70 bits per heavy atom. The molecule has 0 heterocycles. The van der Waals surface area contributed by atoms with E-state index >= 15 is 0 Å². The maximum absolute atomic E-state index is 10.1. The number of hydrogen-bond donors (Lipinski definition) is 3. The third-order valence-corrected chi connectivity index (χ3v) is 1.51. The maximum atomic E-state index is 10.1. The zero-order valence-corrected chi connectivity index (χ0v) is 5.98. The molecule has 4 nitrogen and oxygen atoms in total. The molecule has 3 atom stereocenters. The van der Waals surface area contributed by atoms with Gasteiger partial charge in [-0.05, 0) is 6.92 Å². The minimum absolute atomic E-state index is 0.627. The van der Waals surface area contributed by atoms with Gasteiger partial charge in [-0.25, -0.2) is 4.79 Å². The van der Waals surface area contributed by atoms with Crippen molar-refractivity contribution in [1.29, 1.82) is 0 Å². The van der Waals surface area contributed by atoms with Crippen molar-refractivity contribution >= 4 is 5.97 Å². The van der Waals surface area contributed by atoms with Gasteiger partial charge in [0.1, 0.15) is 0 Å². The van der Waals surface area contributed by atoms with Gasteiger partial charge in [-0.2, -0.15) is 0 Å². The number of carboxylic acids is 1. The van der Waals surface area contributed by atoms with E-state index in [0.29, 0.717) is 0 Å². The van der Waals surface area contributed by atoms with Gasteiger partial charge in [-0.1, -0.05) is 6.92 Å². The Balaban J connectivity index is 3.94. The van der Waals surface area contributed by atoms with Crippen LogP contribution in [0.25, 0.3) is 0 Å². The van der Waals surface area contributed by atoms with Gasteiger partial charge in [-0.3, -0.25) is 0 Å². The Kier molecular flexibility index (Phi) is 3.32. The van der Waals surface area contributed by atoms with E-state index < -0.39 is 24.1 Å². The van der Waals surface area contributed by atoms with Crippen LogP contribution in [-0.4, -0.2) is 33.5 Å². The van der Waals surface area contributed by atoms with Gasteiger partial charge < -0.3 is 15.3 Å². The number of carbonyl (C=O) groups is 1. The van der Waals surface area contributed by atoms with Gasteiger partial charge in [0.15, 0.2) is 6.10 Å². The van der Waals surface area contributed by atoms with E-state index in [-0.39, 0.29) is 0 Å². The molecule has 0 aromatic carbocycles. The monoisotopic (exact) mass is 148 g/mol. The van der Waals surface area contributed by atoms with Crippen molar-refractivity contribution in [2.24, 2.45) is 5.92 Å². The van der Waals surface area contributed by atoms with Crippen molar-refractivity contribution in [1.82, 2.24) is 0 Å². The van der Waals surface area contributed by atoms with Gasteiger partial charge in [-0.15, -0.1) is 0 Å². The van der Waals surface area contributed by atoms with Crippen molar-refractivity contribution in [3.05, 3.63) is 0 Å². The van der Waals surface area contributed by atoms with Crippen LogP contribution in [0, 0.1) is 5.92 Å². The molecule has 0 bridgehead atoms. The van der Waals surface area contributed by atoms with Crippen molar-refractivity contribution in [3.8, 4) is 0 Å². The third-order valence-electron chi connectivity index (χ3n) is 1.51. The molecule has 0 spiro atoms. The molecule has 0 aliphatic heterocycles. The number of aliphatic hydroxyl groups excluding tert-OH is 2. The fraction of sp³-hybridized carbons (Fsp3) is 0.833. The van der Waals surface area contributed by atoms with E-state index in [4.69, 9.17) is 15.3 Å². The van der Waals surface area contributed by atoms with Gasteiger partial charge in [0.2, 0.25) is 0 Å². The Bertz CT molecular complexity index is 121. The summed E-state index contributed by atoms with van der Waals surface area (Å²) >= 11 is 0. The second kappa shape index (κ2) is 3.53. The quantitative estimate of drug-likeness (QED) is 0.501. The van der Waals surface area contributed by atoms with Crippen molar-refractivity contribution < 1.29 is 20.1 Å². The molecule has 0 aromatic rings. The molecule has 3 N–H and O–H groups in total. The lowest BCUT2D eigenvalue weighted by Gasteiger charge is -2.16. The molecule has 0 aromatic heterocycles. The minimum atomic E-state index is -1.47. The summed E-state index contributed by atoms with van der Waals surface area (Å²) in [7, 11) is 0. The molecule has 4 heteroatoms. The van der Waals surface area contributed by atoms with Gasteiger partial charge in [0, 0.05) is 5.92 Å². The molecule has 60 valence electrons. The van der Waals surface area contributed by atoms with Crippen molar-refractivity contribution in [3.63, 3.8) is 0 Å². The molecule has 0 rings (SSSR count). The van der Waals surface area contributed by atoms with E-state index in [9.17, 15) is 4.79 Å². The predicted octanol–water partition coefficient (Wildman–Crippen LogP) is -0.551. The highest BCUT2D eigenvalue weighted by Gasteiger charge is 2.24. The summed E-state index contributed by atoms with van der Waals surface area (Å²) in [6.07, 6.45) is -2.27. The lowest BCUT2D eigenvalue weighted by molar-refractivity contribution is -0.151. The number of rotatable bonds is 3. The van der Waals surface area contributed by atoms with E-state index in [1.807, 2.05) is 0 Å². The van der Waals surface area contributed by atoms with E-state index in [1.54, 1.807) is 0 Å². The fourth-order valence-corrected chi connectivity index (χ4v) is 0.489. The Hall–Kier alpha value is -0.610. The van der Waals surface area contributed by atoms with Gasteiger partial charge >= 0.3 is 5.97 Å². The molecular formula is C6H12O4. The number of aliphatic carboxylic acids is 1. The number of aliphatic hydroxyl groups is 2. The summed E-state index contributed by atoms with van der Waals surface area (Å²) in [5.41, 5.74) is 0. The van der Waals surface area contributed by atoms with Crippen LogP contribution in [-0.2, 0) is 4.79 Å². The second-order valence-corrected chi connectivity index (χ2v) is 2.38. The van der Waals surface area contributed by atoms with Gasteiger partial charge in [0.25, 0.3) is 0 Å².